The summed E-state index contributed by atoms with van der Waals surface area (Å²) < 4.78 is 5.27. The van der Waals surface area contributed by atoms with Gasteiger partial charge in [0.1, 0.15) is 11.4 Å². The molecule has 1 fully saturated rings. The molecule has 1 aromatic heterocycles. The maximum absolute atomic E-state index is 9.87. The number of ether oxygens (including phenoxy) is 1. The number of piperidine rings is 1. The lowest BCUT2D eigenvalue weighted by molar-refractivity contribution is 0.186. The molecule has 28 heavy (non-hydrogen) atoms. The normalized spacial score (nSPS) is 22.2. The van der Waals surface area contributed by atoms with Gasteiger partial charge in [-0.3, -0.25) is 0 Å². The first-order valence-electron chi connectivity index (χ1n) is 9.83. The average molecular weight is 379 g/mol. The van der Waals surface area contributed by atoms with Crippen molar-refractivity contribution in [1.29, 1.82) is 0 Å². The highest BCUT2D eigenvalue weighted by Crippen LogP contribution is 2.51. The SMILES string of the molecule is COC1=NCc2nc(N3CCC4(CC3)Cc3ccccc3[C@H]4N)c(CO)nc21. The number of methoxy groups -OCH3 is 1. The van der Waals surface area contributed by atoms with Crippen molar-refractivity contribution >= 4 is 11.7 Å². The largest absolute Gasteiger partial charge is 0.480 e. The number of aliphatic hydroxyl groups excluding tert-OH is 1. The van der Waals surface area contributed by atoms with Crippen LogP contribution in [-0.2, 0) is 24.3 Å². The van der Waals surface area contributed by atoms with Gasteiger partial charge in [-0.25, -0.2) is 15.0 Å². The van der Waals surface area contributed by atoms with Crippen LogP contribution in [0.2, 0.25) is 0 Å². The van der Waals surface area contributed by atoms with Crippen molar-refractivity contribution in [2.75, 3.05) is 25.1 Å². The Morgan fingerprint density at radius 2 is 2.04 bits per heavy atom. The third-order valence-corrected chi connectivity index (χ3v) is 6.59. The van der Waals surface area contributed by atoms with Crippen LogP contribution in [0.1, 0.15) is 47.1 Å². The van der Waals surface area contributed by atoms with E-state index >= 15 is 0 Å². The van der Waals surface area contributed by atoms with E-state index in [4.69, 9.17) is 15.5 Å². The lowest BCUT2D eigenvalue weighted by Crippen LogP contribution is -2.45. The van der Waals surface area contributed by atoms with E-state index < -0.39 is 0 Å². The molecule has 3 heterocycles. The zero-order chi connectivity index (χ0) is 19.3. The van der Waals surface area contributed by atoms with Gasteiger partial charge in [0.2, 0.25) is 5.90 Å². The highest BCUT2D eigenvalue weighted by molar-refractivity contribution is 5.95. The van der Waals surface area contributed by atoms with E-state index in [-0.39, 0.29) is 18.1 Å². The van der Waals surface area contributed by atoms with Crippen molar-refractivity contribution in [3.8, 4) is 0 Å². The molecule has 1 aromatic carbocycles. The van der Waals surface area contributed by atoms with Gasteiger partial charge in [-0.1, -0.05) is 24.3 Å². The van der Waals surface area contributed by atoms with Crippen LogP contribution in [-0.4, -0.2) is 41.2 Å². The number of rotatable bonds is 2. The van der Waals surface area contributed by atoms with E-state index in [2.05, 4.69) is 39.1 Å². The van der Waals surface area contributed by atoms with Crippen LogP contribution in [0.4, 0.5) is 5.82 Å². The van der Waals surface area contributed by atoms with Crippen molar-refractivity contribution in [2.45, 2.75) is 38.5 Å². The molecule has 2 aliphatic heterocycles. The van der Waals surface area contributed by atoms with Crippen molar-refractivity contribution in [3.05, 3.63) is 52.5 Å². The van der Waals surface area contributed by atoms with E-state index in [1.54, 1.807) is 7.11 Å². The number of aliphatic hydroxyl groups is 1. The van der Waals surface area contributed by atoms with Crippen molar-refractivity contribution in [1.82, 2.24) is 9.97 Å². The first kappa shape index (κ1) is 17.6. The Kier molecular flexibility index (Phi) is 4.10. The average Bonchev–Trinajstić information content (AvgIpc) is 3.26. The number of hydrogen-bond donors (Lipinski definition) is 2. The van der Waals surface area contributed by atoms with E-state index in [0.29, 0.717) is 23.8 Å². The topological polar surface area (TPSA) is 96.9 Å². The van der Waals surface area contributed by atoms with Crippen LogP contribution in [0.5, 0.6) is 0 Å². The predicted octanol–water partition coefficient (Wildman–Crippen LogP) is 1.72. The highest BCUT2D eigenvalue weighted by atomic mass is 16.5. The molecule has 0 saturated carbocycles. The number of anilines is 1. The maximum atomic E-state index is 9.87. The fourth-order valence-corrected chi connectivity index (χ4v) is 4.99. The molecule has 1 aliphatic carbocycles. The summed E-state index contributed by atoms with van der Waals surface area (Å²) in [5.74, 6) is 1.27. The second kappa shape index (κ2) is 6.53. The van der Waals surface area contributed by atoms with Gasteiger partial charge in [-0.05, 0) is 35.8 Å². The third kappa shape index (κ3) is 2.53. The lowest BCUT2D eigenvalue weighted by Gasteiger charge is -2.43. The van der Waals surface area contributed by atoms with Crippen LogP contribution < -0.4 is 10.6 Å². The Hall–Kier alpha value is -2.51. The van der Waals surface area contributed by atoms with Crippen LogP contribution in [0.3, 0.4) is 0 Å². The summed E-state index contributed by atoms with van der Waals surface area (Å²) in [7, 11) is 1.58. The van der Waals surface area contributed by atoms with Gasteiger partial charge in [-0.15, -0.1) is 0 Å². The number of aliphatic imine (C=N–C) groups is 1. The summed E-state index contributed by atoms with van der Waals surface area (Å²) in [6.45, 7) is 2.04. The van der Waals surface area contributed by atoms with Gasteiger partial charge in [0.05, 0.1) is 26.0 Å². The molecule has 0 radical (unpaired) electrons. The van der Waals surface area contributed by atoms with Crippen molar-refractivity contribution in [3.63, 3.8) is 0 Å². The number of nitrogens with two attached hydrogens (primary N) is 1. The monoisotopic (exact) mass is 379 g/mol. The summed E-state index contributed by atoms with van der Waals surface area (Å²) in [5, 5.41) is 9.87. The van der Waals surface area contributed by atoms with Crippen LogP contribution in [0, 0.1) is 5.41 Å². The Morgan fingerprint density at radius 1 is 1.25 bits per heavy atom. The molecule has 3 N–H and O–H groups in total. The van der Waals surface area contributed by atoms with Gasteiger partial charge in [-0.2, -0.15) is 0 Å². The number of fused-ring (bicyclic) bond motifs is 2. The van der Waals surface area contributed by atoms with E-state index in [1.807, 2.05) is 0 Å². The van der Waals surface area contributed by atoms with Crippen LogP contribution >= 0.6 is 0 Å². The highest BCUT2D eigenvalue weighted by Gasteiger charge is 2.46. The van der Waals surface area contributed by atoms with Crippen LogP contribution in [0.15, 0.2) is 29.3 Å². The fraction of sp³-hybridized carbons (Fsp3) is 0.476. The summed E-state index contributed by atoms with van der Waals surface area (Å²) in [6.07, 6.45) is 3.06. The zero-order valence-corrected chi connectivity index (χ0v) is 16.1. The van der Waals surface area contributed by atoms with E-state index in [9.17, 15) is 5.11 Å². The molecule has 1 saturated heterocycles. The molecular formula is C21H25N5O2. The molecule has 0 bridgehead atoms. The summed E-state index contributed by atoms with van der Waals surface area (Å²) in [6, 6.07) is 8.65. The van der Waals surface area contributed by atoms with Gasteiger partial charge in [0.15, 0.2) is 5.82 Å². The second-order valence-corrected chi connectivity index (χ2v) is 7.98. The molecule has 3 aliphatic rings. The number of hydrogen-bond acceptors (Lipinski definition) is 7. The molecule has 0 unspecified atom stereocenters. The first-order chi connectivity index (χ1) is 13.6. The zero-order valence-electron chi connectivity index (χ0n) is 16.1. The van der Waals surface area contributed by atoms with Gasteiger partial charge in [0, 0.05) is 19.1 Å². The molecule has 1 spiro atoms. The fourth-order valence-electron chi connectivity index (χ4n) is 4.99. The van der Waals surface area contributed by atoms with Crippen molar-refractivity contribution in [2.24, 2.45) is 16.1 Å². The van der Waals surface area contributed by atoms with Gasteiger partial charge >= 0.3 is 0 Å². The molecule has 5 rings (SSSR count). The predicted molar refractivity (Wildman–Crippen MR) is 106 cm³/mol. The quantitative estimate of drug-likeness (QED) is 0.825. The molecule has 1 atom stereocenters. The molecule has 0 amide bonds. The maximum Gasteiger partial charge on any atom is 0.237 e. The molecule has 7 nitrogen and oxygen atoms in total. The van der Waals surface area contributed by atoms with E-state index in [0.717, 1.165) is 43.9 Å². The molecular weight excluding hydrogens is 354 g/mol. The van der Waals surface area contributed by atoms with Gasteiger partial charge < -0.3 is 20.5 Å². The number of benzene rings is 1. The number of nitrogens with zero attached hydrogens (tertiary/aromatic N) is 4. The van der Waals surface area contributed by atoms with Crippen molar-refractivity contribution < 1.29 is 9.84 Å². The Morgan fingerprint density at radius 3 is 2.75 bits per heavy atom. The minimum atomic E-state index is -0.154. The Labute approximate surface area is 164 Å². The molecule has 146 valence electrons. The summed E-state index contributed by atoms with van der Waals surface area (Å²) in [5.41, 5.74) is 11.5. The van der Waals surface area contributed by atoms with Crippen LogP contribution in [0.25, 0.3) is 0 Å². The molecule has 7 heteroatoms. The Bertz CT molecular complexity index is 950. The minimum absolute atomic E-state index is 0.0897. The number of aromatic nitrogens is 2. The second-order valence-electron chi connectivity index (χ2n) is 7.98. The first-order valence-corrected chi connectivity index (χ1v) is 9.83. The van der Waals surface area contributed by atoms with Gasteiger partial charge in [0.25, 0.3) is 0 Å². The third-order valence-electron chi connectivity index (χ3n) is 6.59. The summed E-state index contributed by atoms with van der Waals surface area (Å²) >= 11 is 0. The smallest absolute Gasteiger partial charge is 0.237 e. The molecule has 2 aromatic rings. The van der Waals surface area contributed by atoms with E-state index in [1.165, 1.54) is 11.1 Å². The summed E-state index contributed by atoms with van der Waals surface area (Å²) in [4.78, 5) is 16.0. The standard InChI is InChI=1S/C21H25N5O2/c1-28-20-17-15(11-23-20)25-19(16(12-27)24-17)26-8-6-21(7-9-26)10-13-4-2-3-5-14(13)18(21)22/h2-5,18,27H,6-12,22H2,1H3/t18-/m1/s1. The Balaban J connectivity index is 1.39. The lowest BCUT2D eigenvalue weighted by atomic mass is 9.73. The minimum Gasteiger partial charge on any atom is -0.480 e.